The molecule has 0 amide bonds. The third-order valence-corrected chi connectivity index (χ3v) is 2.86. The largest absolute Gasteiger partial charge is 0.480 e. The highest BCUT2D eigenvalue weighted by molar-refractivity contribution is 5.74. The van der Waals surface area contributed by atoms with Crippen molar-refractivity contribution in [2.45, 2.75) is 18.9 Å². The first-order valence-electron chi connectivity index (χ1n) is 5.12. The molecule has 1 aromatic rings. The molecule has 0 saturated carbocycles. The minimum Gasteiger partial charge on any atom is -0.480 e. The van der Waals surface area contributed by atoms with E-state index in [1.165, 1.54) is 0 Å². The quantitative estimate of drug-likeness (QED) is 0.763. The van der Waals surface area contributed by atoms with Crippen LogP contribution in [0.4, 0.5) is 0 Å². The Hall–Kier alpha value is -1.42. The molecule has 1 unspecified atom stereocenters. The van der Waals surface area contributed by atoms with Gasteiger partial charge in [0.05, 0.1) is 0 Å². The second-order valence-electron chi connectivity index (χ2n) is 3.88. The van der Waals surface area contributed by atoms with Crippen molar-refractivity contribution < 1.29 is 9.90 Å². The van der Waals surface area contributed by atoms with Gasteiger partial charge in [-0.3, -0.25) is 9.78 Å². The molecule has 15 heavy (non-hydrogen) atoms. The summed E-state index contributed by atoms with van der Waals surface area (Å²) in [4.78, 5) is 14.9. The number of hydrogen-bond donors (Lipinski definition) is 2. The van der Waals surface area contributed by atoms with Crippen LogP contribution < -0.4 is 5.32 Å². The number of aromatic nitrogens is 1. The average Bonchev–Trinajstić information content (AvgIpc) is 2.67. The van der Waals surface area contributed by atoms with Crippen molar-refractivity contribution in [3.8, 4) is 0 Å². The van der Waals surface area contributed by atoms with Crippen molar-refractivity contribution in [2.24, 2.45) is 5.92 Å². The maximum Gasteiger partial charge on any atom is 0.320 e. The second-order valence-corrected chi connectivity index (χ2v) is 3.88. The zero-order valence-corrected chi connectivity index (χ0v) is 8.39. The monoisotopic (exact) mass is 206 g/mol. The van der Waals surface area contributed by atoms with Crippen LogP contribution in [0.2, 0.25) is 0 Å². The molecule has 4 heteroatoms. The topological polar surface area (TPSA) is 62.2 Å². The van der Waals surface area contributed by atoms with Gasteiger partial charge in [-0.15, -0.1) is 0 Å². The van der Waals surface area contributed by atoms with Crippen LogP contribution in [-0.4, -0.2) is 28.6 Å². The van der Waals surface area contributed by atoms with Gasteiger partial charge >= 0.3 is 5.97 Å². The fraction of sp³-hybridized carbons (Fsp3) is 0.455. The van der Waals surface area contributed by atoms with Gasteiger partial charge in [0.15, 0.2) is 0 Å². The molecule has 2 N–H and O–H groups in total. The summed E-state index contributed by atoms with van der Waals surface area (Å²) in [6.45, 7) is 0.798. The highest BCUT2D eigenvalue weighted by Gasteiger charge is 2.32. The molecule has 0 aromatic carbocycles. The fourth-order valence-corrected chi connectivity index (χ4v) is 2.09. The molecule has 1 aromatic heterocycles. The smallest absolute Gasteiger partial charge is 0.320 e. The number of pyridine rings is 1. The molecular formula is C11H14N2O2. The fourth-order valence-electron chi connectivity index (χ4n) is 2.09. The van der Waals surface area contributed by atoms with E-state index in [4.69, 9.17) is 5.11 Å². The lowest BCUT2D eigenvalue weighted by Gasteiger charge is -2.14. The Labute approximate surface area is 88.3 Å². The minimum atomic E-state index is -0.744. The van der Waals surface area contributed by atoms with Crippen LogP contribution in [0, 0.1) is 5.92 Å². The summed E-state index contributed by atoms with van der Waals surface area (Å²) in [5.41, 5.74) is 1.16. The van der Waals surface area contributed by atoms with E-state index in [-0.39, 0.29) is 5.92 Å². The summed E-state index contributed by atoms with van der Waals surface area (Å²) in [5, 5.41) is 12.0. The molecule has 0 aliphatic carbocycles. The number of hydrogen-bond acceptors (Lipinski definition) is 3. The van der Waals surface area contributed by atoms with Crippen LogP contribution >= 0.6 is 0 Å². The lowest BCUT2D eigenvalue weighted by atomic mass is 9.93. The lowest BCUT2D eigenvalue weighted by Crippen LogP contribution is -2.36. The van der Waals surface area contributed by atoms with Gasteiger partial charge in [0.2, 0.25) is 0 Å². The van der Waals surface area contributed by atoms with Crippen molar-refractivity contribution in [1.29, 1.82) is 0 Å². The van der Waals surface area contributed by atoms with Gasteiger partial charge in [0, 0.05) is 12.4 Å². The van der Waals surface area contributed by atoms with Gasteiger partial charge in [-0.1, -0.05) is 0 Å². The molecule has 1 aliphatic rings. The van der Waals surface area contributed by atoms with Gasteiger partial charge in [0.25, 0.3) is 0 Å². The number of carboxylic acids is 1. The van der Waals surface area contributed by atoms with Crippen molar-refractivity contribution in [1.82, 2.24) is 10.3 Å². The van der Waals surface area contributed by atoms with Crippen LogP contribution in [-0.2, 0) is 11.2 Å². The van der Waals surface area contributed by atoms with Crippen molar-refractivity contribution in [3.05, 3.63) is 30.1 Å². The Morgan fingerprint density at radius 3 is 2.93 bits per heavy atom. The molecule has 0 spiro atoms. The van der Waals surface area contributed by atoms with Gasteiger partial charge in [-0.05, 0) is 43.0 Å². The number of carbonyl (C=O) groups is 1. The number of rotatable bonds is 3. The zero-order chi connectivity index (χ0) is 10.7. The normalized spacial score (nSPS) is 25.3. The SMILES string of the molecule is O=C(O)[C@H]1NCCC1Cc1ccncc1. The van der Waals surface area contributed by atoms with Gasteiger partial charge in [0.1, 0.15) is 6.04 Å². The summed E-state index contributed by atoms with van der Waals surface area (Å²) >= 11 is 0. The first-order valence-corrected chi connectivity index (χ1v) is 5.12. The Morgan fingerprint density at radius 1 is 1.53 bits per heavy atom. The molecule has 4 nitrogen and oxygen atoms in total. The molecule has 2 atom stereocenters. The van der Waals surface area contributed by atoms with Gasteiger partial charge in [-0.2, -0.15) is 0 Å². The van der Waals surface area contributed by atoms with E-state index in [9.17, 15) is 4.79 Å². The van der Waals surface area contributed by atoms with Gasteiger partial charge in [-0.25, -0.2) is 0 Å². The number of nitrogens with one attached hydrogen (secondary N) is 1. The zero-order valence-electron chi connectivity index (χ0n) is 8.39. The highest BCUT2D eigenvalue weighted by atomic mass is 16.4. The second kappa shape index (κ2) is 4.40. The summed E-state index contributed by atoms with van der Waals surface area (Å²) in [7, 11) is 0. The van der Waals surface area contributed by atoms with Crippen LogP contribution in [0.3, 0.4) is 0 Å². The summed E-state index contributed by atoms with van der Waals surface area (Å²) < 4.78 is 0. The average molecular weight is 206 g/mol. The Bertz CT molecular complexity index is 340. The standard InChI is InChI=1S/C11H14N2O2/c14-11(15)10-9(3-6-13-10)7-8-1-4-12-5-2-8/h1-2,4-5,9-10,13H,3,6-7H2,(H,14,15)/t9?,10-/m0/s1. The van der Waals surface area contributed by atoms with E-state index in [0.29, 0.717) is 0 Å². The molecule has 80 valence electrons. The van der Waals surface area contributed by atoms with Crippen LogP contribution in [0.1, 0.15) is 12.0 Å². The molecule has 1 aliphatic heterocycles. The van der Waals surface area contributed by atoms with Crippen molar-refractivity contribution in [2.75, 3.05) is 6.54 Å². The number of aliphatic carboxylic acids is 1. The Balaban J connectivity index is 2.03. The Kier molecular flexibility index (Phi) is 2.97. The van der Waals surface area contributed by atoms with Crippen LogP contribution in [0.25, 0.3) is 0 Å². The maximum absolute atomic E-state index is 10.9. The molecule has 0 radical (unpaired) electrons. The van der Waals surface area contributed by atoms with Gasteiger partial charge < -0.3 is 10.4 Å². The highest BCUT2D eigenvalue weighted by Crippen LogP contribution is 2.20. The predicted molar refractivity (Wildman–Crippen MR) is 55.5 cm³/mol. The minimum absolute atomic E-state index is 0.199. The molecular weight excluding hydrogens is 192 g/mol. The summed E-state index contributed by atoms with van der Waals surface area (Å²) in [6, 6.07) is 3.49. The van der Waals surface area contributed by atoms with Crippen LogP contribution in [0.15, 0.2) is 24.5 Å². The van der Waals surface area contributed by atoms with E-state index in [1.807, 2.05) is 12.1 Å². The first kappa shape index (κ1) is 10.1. The van der Waals surface area contributed by atoms with E-state index in [1.54, 1.807) is 12.4 Å². The molecule has 1 saturated heterocycles. The molecule has 2 rings (SSSR count). The van der Waals surface area contributed by atoms with E-state index in [2.05, 4.69) is 10.3 Å². The van der Waals surface area contributed by atoms with Crippen LogP contribution in [0.5, 0.6) is 0 Å². The van der Waals surface area contributed by atoms with Crippen molar-refractivity contribution >= 4 is 5.97 Å². The summed E-state index contributed by atoms with van der Waals surface area (Å²) in [6.07, 6.45) is 5.23. The Morgan fingerprint density at radius 2 is 2.27 bits per heavy atom. The lowest BCUT2D eigenvalue weighted by molar-refractivity contribution is -0.140. The van der Waals surface area contributed by atoms with E-state index in [0.717, 1.165) is 24.9 Å². The summed E-state index contributed by atoms with van der Waals surface area (Å²) in [5.74, 6) is -0.545. The molecule has 2 heterocycles. The van der Waals surface area contributed by atoms with E-state index >= 15 is 0 Å². The molecule has 0 bridgehead atoms. The molecule has 1 fully saturated rings. The first-order chi connectivity index (χ1) is 7.27. The number of carboxylic acid groups (broad SMARTS) is 1. The van der Waals surface area contributed by atoms with E-state index < -0.39 is 12.0 Å². The maximum atomic E-state index is 10.9. The third kappa shape index (κ3) is 2.33. The van der Waals surface area contributed by atoms with Crippen molar-refractivity contribution in [3.63, 3.8) is 0 Å². The number of nitrogens with zero attached hydrogens (tertiary/aromatic N) is 1. The predicted octanol–water partition coefficient (Wildman–Crippen LogP) is 0.687. The third-order valence-electron chi connectivity index (χ3n) is 2.86.